The summed E-state index contributed by atoms with van der Waals surface area (Å²) in [6, 6.07) is 8.73. The molecule has 0 saturated carbocycles. The first-order valence-corrected chi connectivity index (χ1v) is 7.78. The summed E-state index contributed by atoms with van der Waals surface area (Å²) in [6.07, 6.45) is 0.606. The van der Waals surface area contributed by atoms with Gasteiger partial charge in [0.2, 0.25) is 0 Å². The van der Waals surface area contributed by atoms with Crippen molar-refractivity contribution < 1.29 is 12.8 Å². The van der Waals surface area contributed by atoms with Crippen LogP contribution in [0.15, 0.2) is 34.7 Å². The Hall–Kier alpha value is -1.33. The summed E-state index contributed by atoms with van der Waals surface area (Å²) in [5, 5.41) is 0.941. The lowest BCUT2D eigenvalue weighted by molar-refractivity contribution is 0.507. The maximum Gasteiger partial charge on any atom is 0.152 e. The SMILES string of the molecule is CCCS(=O)(=O)CC(N)c1cc2ccccc2o1. The Morgan fingerprint density at radius 2 is 2.06 bits per heavy atom. The van der Waals surface area contributed by atoms with Crippen LogP contribution in [0.4, 0.5) is 0 Å². The first-order valence-electron chi connectivity index (χ1n) is 5.96. The molecule has 98 valence electrons. The Labute approximate surface area is 107 Å². The van der Waals surface area contributed by atoms with E-state index in [1.807, 2.05) is 37.3 Å². The van der Waals surface area contributed by atoms with Gasteiger partial charge in [0.1, 0.15) is 11.3 Å². The lowest BCUT2D eigenvalue weighted by Gasteiger charge is -2.08. The molecular weight excluding hydrogens is 250 g/mol. The van der Waals surface area contributed by atoms with Crippen molar-refractivity contribution in [2.45, 2.75) is 19.4 Å². The summed E-state index contributed by atoms with van der Waals surface area (Å²) in [7, 11) is -3.10. The highest BCUT2D eigenvalue weighted by Gasteiger charge is 2.19. The Balaban J connectivity index is 2.21. The van der Waals surface area contributed by atoms with Crippen LogP contribution in [0.1, 0.15) is 25.1 Å². The van der Waals surface area contributed by atoms with Crippen molar-refractivity contribution in [3.8, 4) is 0 Å². The molecule has 1 unspecified atom stereocenters. The fourth-order valence-corrected chi connectivity index (χ4v) is 3.44. The van der Waals surface area contributed by atoms with Gasteiger partial charge in [0.25, 0.3) is 0 Å². The summed E-state index contributed by atoms with van der Waals surface area (Å²) in [5.74, 6) is 0.623. The fourth-order valence-electron chi connectivity index (χ4n) is 1.94. The standard InChI is InChI=1S/C13H17NO3S/c1-2-7-18(15,16)9-11(14)13-8-10-5-3-4-6-12(10)17-13/h3-6,8,11H,2,7,9,14H2,1H3. The maximum atomic E-state index is 11.7. The molecule has 1 aromatic heterocycles. The first kappa shape index (κ1) is 13.1. The van der Waals surface area contributed by atoms with Gasteiger partial charge < -0.3 is 10.2 Å². The predicted octanol–water partition coefficient (Wildman–Crippen LogP) is 2.26. The van der Waals surface area contributed by atoms with Crippen LogP contribution in [0.5, 0.6) is 0 Å². The molecule has 0 fully saturated rings. The summed E-state index contributed by atoms with van der Waals surface area (Å²) < 4.78 is 29.0. The molecule has 2 N–H and O–H groups in total. The zero-order chi connectivity index (χ0) is 13.2. The minimum Gasteiger partial charge on any atom is -0.459 e. The van der Waals surface area contributed by atoms with Gasteiger partial charge in [-0.05, 0) is 18.6 Å². The van der Waals surface area contributed by atoms with Gasteiger partial charge in [0, 0.05) is 11.1 Å². The third-order valence-corrected chi connectivity index (χ3v) is 4.66. The molecule has 0 radical (unpaired) electrons. The highest BCUT2D eigenvalue weighted by molar-refractivity contribution is 7.91. The van der Waals surface area contributed by atoms with E-state index in [9.17, 15) is 8.42 Å². The number of hydrogen-bond acceptors (Lipinski definition) is 4. The zero-order valence-corrected chi connectivity index (χ0v) is 11.1. The highest BCUT2D eigenvalue weighted by Crippen LogP contribution is 2.23. The number of nitrogens with two attached hydrogens (primary N) is 1. The largest absolute Gasteiger partial charge is 0.459 e. The molecule has 2 rings (SSSR count). The minimum absolute atomic E-state index is 0.0688. The fraction of sp³-hybridized carbons (Fsp3) is 0.385. The molecule has 4 nitrogen and oxygen atoms in total. The van der Waals surface area contributed by atoms with E-state index in [0.717, 1.165) is 11.0 Å². The molecule has 2 aromatic rings. The summed E-state index contributed by atoms with van der Waals surface area (Å²) in [4.78, 5) is 0. The second kappa shape index (κ2) is 5.12. The molecule has 0 aliphatic rings. The van der Waals surface area contributed by atoms with Gasteiger partial charge in [-0.3, -0.25) is 0 Å². The van der Waals surface area contributed by atoms with E-state index in [2.05, 4.69) is 0 Å². The van der Waals surface area contributed by atoms with Crippen molar-refractivity contribution in [2.75, 3.05) is 11.5 Å². The summed E-state index contributed by atoms with van der Waals surface area (Å²) in [5.41, 5.74) is 6.63. The van der Waals surface area contributed by atoms with E-state index < -0.39 is 15.9 Å². The minimum atomic E-state index is -3.10. The average molecular weight is 267 g/mol. The van der Waals surface area contributed by atoms with Crippen LogP contribution in [0.2, 0.25) is 0 Å². The van der Waals surface area contributed by atoms with E-state index in [1.165, 1.54) is 0 Å². The Bertz CT molecular complexity index is 597. The zero-order valence-electron chi connectivity index (χ0n) is 10.3. The maximum absolute atomic E-state index is 11.7. The predicted molar refractivity (Wildman–Crippen MR) is 72.1 cm³/mol. The monoisotopic (exact) mass is 267 g/mol. The second-order valence-corrected chi connectivity index (χ2v) is 6.64. The van der Waals surface area contributed by atoms with Gasteiger partial charge in [-0.25, -0.2) is 8.42 Å². The number of fused-ring (bicyclic) bond motifs is 1. The third kappa shape index (κ3) is 2.91. The van der Waals surface area contributed by atoms with Crippen molar-refractivity contribution in [3.63, 3.8) is 0 Å². The van der Waals surface area contributed by atoms with Gasteiger partial charge in [-0.15, -0.1) is 0 Å². The molecule has 0 amide bonds. The molecule has 0 aliphatic carbocycles. The number of para-hydroxylation sites is 1. The smallest absolute Gasteiger partial charge is 0.152 e. The van der Waals surface area contributed by atoms with Gasteiger partial charge in [-0.1, -0.05) is 25.1 Å². The van der Waals surface area contributed by atoms with E-state index >= 15 is 0 Å². The first-order chi connectivity index (χ1) is 8.52. The van der Waals surface area contributed by atoms with E-state index in [1.54, 1.807) is 0 Å². The normalized spacial score (nSPS) is 13.9. The summed E-state index contributed by atoms with van der Waals surface area (Å²) in [6.45, 7) is 1.84. The lowest BCUT2D eigenvalue weighted by Crippen LogP contribution is -2.23. The quantitative estimate of drug-likeness (QED) is 0.901. The number of hydrogen-bond donors (Lipinski definition) is 1. The molecule has 5 heteroatoms. The molecule has 18 heavy (non-hydrogen) atoms. The molecule has 0 bridgehead atoms. The van der Waals surface area contributed by atoms with Crippen LogP contribution in [0.3, 0.4) is 0 Å². The highest BCUT2D eigenvalue weighted by atomic mass is 32.2. The number of sulfone groups is 1. The van der Waals surface area contributed by atoms with Crippen molar-refractivity contribution in [1.82, 2.24) is 0 Å². The number of furan rings is 1. The van der Waals surface area contributed by atoms with Crippen LogP contribution in [-0.4, -0.2) is 19.9 Å². The number of benzene rings is 1. The van der Waals surface area contributed by atoms with Crippen molar-refractivity contribution in [1.29, 1.82) is 0 Å². The van der Waals surface area contributed by atoms with Crippen LogP contribution >= 0.6 is 0 Å². The molecule has 0 saturated heterocycles. The Morgan fingerprint density at radius 1 is 1.33 bits per heavy atom. The van der Waals surface area contributed by atoms with E-state index in [0.29, 0.717) is 12.2 Å². The van der Waals surface area contributed by atoms with Gasteiger partial charge in [-0.2, -0.15) is 0 Å². The van der Waals surface area contributed by atoms with Crippen LogP contribution in [0.25, 0.3) is 11.0 Å². The summed E-state index contributed by atoms with van der Waals surface area (Å²) >= 11 is 0. The van der Waals surface area contributed by atoms with Crippen molar-refractivity contribution in [3.05, 3.63) is 36.1 Å². The second-order valence-electron chi connectivity index (χ2n) is 4.41. The average Bonchev–Trinajstić information content (AvgIpc) is 2.71. The molecule has 1 heterocycles. The van der Waals surface area contributed by atoms with Gasteiger partial charge in [0.05, 0.1) is 11.8 Å². The third-order valence-electron chi connectivity index (χ3n) is 2.76. The van der Waals surface area contributed by atoms with Gasteiger partial charge >= 0.3 is 0 Å². The molecule has 1 atom stereocenters. The Morgan fingerprint density at radius 3 is 2.72 bits per heavy atom. The number of rotatable bonds is 5. The van der Waals surface area contributed by atoms with E-state index in [-0.39, 0.29) is 11.5 Å². The van der Waals surface area contributed by atoms with Crippen molar-refractivity contribution in [2.24, 2.45) is 5.73 Å². The lowest BCUT2D eigenvalue weighted by atomic mass is 10.2. The van der Waals surface area contributed by atoms with Crippen LogP contribution in [-0.2, 0) is 9.84 Å². The molecular formula is C13H17NO3S. The Kier molecular flexibility index (Phi) is 3.73. The van der Waals surface area contributed by atoms with Crippen molar-refractivity contribution >= 4 is 20.8 Å². The van der Waals surface area contributed by atoms with Crippen LogP contribution < -0.4 is 5.73 Å². The van der Waals surface area contributed by atoms with Crippen LogP contribution in [0, 0.1) is 0 Å². The molecule has 0 aliphatic heterocycles. The molecule has 0 spiro atoms. The molecule has 1 aromatic carbocycles. The van der Waals surface area contributed by atoms with E-state index in [4.69, 9.17) is 10.2 Å². The topological polar surface area (TPSA) is 73.3 Å². The van der Waals surface area contributed by atoms with Gasteiger partial charge in [0.15, 0.2) is 9.84 Å².